The number of hydroxylamine groups is 1. The van der Waals surface area contributed by atoms with E-state index < -0.39 is 5.91 Å². The SMILES string of the molecule is CN(C)c1ccc(C2c3[nH]c4ccccc4c3CCN2CC(=O)NCCCCC(=O)NO)cc1. The lowest BCUT2D eigenvalue weighted by atomic mass is 9.92. The number of benzene rings is 2. The Kier molecular flexibility index (Phi) is 7.49. The van der Waals surface area contributed by atoms with Crippen molar-refractivity contribution in [3.63, 3.8) is 0 Å². The maximum atomic E-state index is 12.8. The molecule has 0 bridgehead atoms. The van der Waals surface area contributed by atoms with E-state index in [1.54, 1.807) is 5.48 Å². The highest BCUT2D eigenvalue weighted by molar-refractivity contribution is 5.85. The van der Waals surface area contributed by atoms with Gasteiger partial charge < -0.3 is 15.2 Å². The van der Waals surface area contributed by atoms with Crippen molar-refractivity contribution in [2.24, 2.45) is 0 Å². The first-order chi connectivity index (χ1) is 16.5. The van der Waals surface area contributed by atoms with Crippen LogP contribution in [0.4, 0.5) is 5.69 Å². The number of rotatable bonds is 9. The minimum Gasteiger partial charge on any atom is -0.378 e. The lowest BCUT2D eigenvalue weighted by Gasteiger charge is -2.36. The van der Waals surface area contributed by atoms with Crippen molar-refractivity contribution < 1.29 is 14.8 Å². The molecular weight excluding hydrogens is 430 g/mol. The van der Waals surface area contributed by atoms with E-state index in [9.17, 15) is 9.59 Å². The van der Waals surface area contributed by atoms with Gasteiger partial charge in [0, 0.05) is 55.9 Å². The number of nitrogens with one attached hydrogen (secondary N) is 3. The largest absolute Gasteiger partial charge is 0.378 e. The fourth-order valence-electron chi connectivity index (χ4n) is 4.73. The average molecular weight is 464 g/mol. The summed E-state index contributed by atoms with van der Waals surface area (Å²) in [5.41, 5.74) is 7.53. The highest BCUT2D eigenvalue weighted by Gasteiger charge is 2.32. The van der Waals surface area contributed by atoms with Crippen LogP contribution >= 0.6 is 0 Å². The third-order valence-electron chi connectivity index (χ3n) is 6.48. The number of carbonyl (C=O) groups is 2. The Bertz CT molecular complexity index is 1140. The molecule has 0 saturated carbocycles. The van der Waals surface area contributed by atoms with E-state index in [0.29, 0.717) is 25.9 Å². The van der Waals surface area contributed by atoms with E-state index in [4.69, 9.17) is 5.21 Å². The summed E-state index contributed by atoms with van der Waals surface area (Å²) in [5, 5.41) is 12.8. The normalized spacial score (nSPS) is 15.7. The van der Waals surface area contributed by atoms with Gasteiger partial charge in [0.25, 0.3) is 0 Å². The number of para-hydroxylation sites is 1. The summed E-state index contributed by atoms with van der Waals surface area (Å²) in [6.07, 6.45) is 2.41. The molecule has 180 valence electrons. The molecule has 0 fully saturated rings. The number of nitrogens with zero attached hydrogens (tertiary/aromatic N) is 2. The monoisotopic (exact) mass is 463 g/mol. The van der Waals surface area contributed by atoms with Gasteiger partial charge in [-0.3, -0.25) is 19.7 Å². The van der Waals surface area contributed by atoms with Crippen LogP contribution < -0.4 is 15.7 Å². The Morgan fingerprint density at radius 1 is 1.09 bits per heavy atom. The summed E-state index contributed by atoms with van der Waals surface area (Å²) < 4.78 is 0. The zero-order valence-electron chi connectivity index (χ0n) is 19.8. The van der Waals surface area contributed by atoms with Gasteiger partial charge in [-0.1, -0.05) is 30.3 Å². The Labute approximate surface area is 199 Å². The van der Waals surface area contributed by atoms with Crippen LogP contribution in [0.3, 0.4) is 0 Å². The fraction of sp³-hybridized carbons (Fsp3) is 0.385. The van der Waals surface area contributed by atoms with Gasteiger partial charge in [-0.15, -0.1) is 0 Å². The Morgan fingerprint density at radius 3 is 2.59 bits per heavy atom. The summed E-state index contributed by atoms with van der Waals surface area (Å²) in [5.74, 6) is -0.432. The lowest BCUT2D eigenvalue weighted by molar-refractivity contribution is -0.129. The summed E-state index contributed by atoms with van der Waals surface area (Å²) in [6.45, 7) is 1.59. The van der Waals surface area contributed by atoms with Crippen molar-refractivity contribution >= 4 is 28.4 Å². The maximum absolute atomic E-state index is 12.8. The number of fused-ring (bicyclic) bond motifs is 3. The average Bonchev–Trinajstić information content (AvgIpc) is 3.22. The molecule has 1 aliphatic heterocycles. The number of unbranched alkanes of at least 4 members (excludes halogenated alkanes) is 1. The number of H-pyrrole nitrogens is 1. The number of aromatic amines is 1. The van der Waals surface area contributed by atoms with Crippen LogP contribution in [0.15, 0.2) is 48.5 Å². The first-order valence-corrected chi connectivity index (χ1v) is 11.8. The molecule has 2 aromatic carbocycles. The van der Waals surface area contributed by atoms with Crippen LogP contribution in [0.2, 0.25) is 0 Å². The van der Waals surface area contributed by atoms with E-state index >= 15 is 0 Å². The first-order valence-electron chi connectivity index (χ1n) is 11.8. The molecule has 8 heteroatoms. The van der Waals surface area contributed by atoms with Gasteiger partial charge in [0.1, 0.15) is 0 Å². The Morgan fingerprint density at radius 2 is 1.85 bits per heavy atom. The van der Waals surface area contributed by atoms with Crippen molar-refractivity contribution in [2.75, 3.05) is 38.6 Å². The van der Waals surface area contributed by atoms with Crippen LogP contribution in [-0.4, -0.2) is 60.6 Å². The fourth-order valence-corrected chi connectivity index (χ4v) is 4.73. The van der Waals surface area contributed by atoms with Crippen LogP contribution in [0.1, 0.15) is 42.1 Å². The van der Waals surface area contributed by atoms with E-state index in [1.165, 1.54) is 10.9 Å². The Balaban J connectivity index is 1.51. The zero-order chi connectivity index (χ0) is 24.1. The minimum atomic E-state index is -0.406. The molecule has 4 rings (SSSR count). The second-order valence-corrected chi connectivity index (χ2v) is 9.01. The summed E-state index contributed by atoms with van der Waals surface area (Å²) in [4.78, 5) is 31.8. The molecule has 3 aromatic rings. The second-order valence-electron chi connectivity index (χ2n) is 9.01. The quantitative estimate of drug-likeness (QED) is 0.222. The van der Waals surface area contributed by atoms with Crippen molar-refractivity contribution in [1.82, 2.24) is 20.7 Å². The van der Waals surface area contributed by atoms with Gasteiger partial charge >= 0.3 is 0 Å². The molecule has 0 saturated heterocycles. The predicted molar refractivity (Wildman–Crippen MR) is 133 cm³/mol. The molecule has 34 heavy (non-hydrogen) atoms. The molecule has 2 amide bonds. The molecule has 0 spiro atoms. The van der Waals surface area contributed by atoms with Crippen molar-refractivity contribution in [1.29, 1.82) is 0 Å². The topological polar surface area (TPSA) is 101 Å². The molecule has 1 atom stereocenters. The smallest absolute Gasteiger partial charge is 0.243 e. The van der Waals surface area contributed by atoms with E-state index in [2.05, 4.69) is 62.6 Å². The van der Waals surface area contributed by atoms with Crippen molar-refractivity contribution in [2.45, 2.75) is 31.7 Å². The molecule has 1 aliphatic rings. The maximum Gasteiger partial charge on any atom is 0.243 e. The molecule has 0 aliphatic carbocycles. The van der Waals surface area contributed by atoms with E-state index in [0.717, 1.165) is 35.4 Å². The van der Waals surface area contributed by atoms with Gasteiger partial charge in [0.2, 0.25) is 11.8 Å². The number of hydrogen-bond acceptors (Lipinski definition) is 5. The molecule has 4 N–H and O–H groups in total. The third kappa shape index (κ3) is 5.24. The molecule has 2 heterocycles. The van der Waals surface area contributed by atoms with Crippen molar-refractivity contribution in [3.8, 4) is 0 Å². The summed E-state index contributed by atoms with van der Waals surface area (Å²) in [7, 11) is 4.05. The summed E-state index contributed by atoms with van der Waals surface area (Å²) in [6, 6.07) is 16.9. The van der Waals surface area contributed by atoms with Crippen LogP contribution in [-0.2, 0) is 16.0 Å². The standard InChI is InChI=1S/C26H33N5O3/c1-30(2)19-12-10-18(11-13-19)26-25-21(20-7-3-4-8-22(20)28-25)14-16-31(26)17-24(33)27-15-6-5-9-23(32)29-34/h3-4,7-8,10-13,26,28,34H,5-6,9,14-17H2,1-2H3,(H,27,33)(H,29,32). The number of carbonyl (C=O) groups excluding carboxylic acids is 2. The molecule has 1 unspecified atom stereocenters. The number of anilines is 1. The van der Waals surface area contributed by atoms with Gasteiger partial charge in [-0.25, -0.2) is 5.48 Å². The van der Waals surface area contributed by atoms with Crippen LogP contribution in [0.25, 0.3) is 10.9 Å². The third-order valence-corrected chi connectivity index (χ3v) is 6.48. The van der Waals surface area contributed by atoms with Crippen LogP contribution in [0.5, 0.6) is 0 Å². The Hall–Kier alpha value is -3.36. The lowest BCUT2D eigenvalue weighted by Crippen LogP contribution is -2.43. The highest BCUT2D eigenvalue weighted by atomic mass is 16.5. The van der Waals surface area contributed by atoms with Gasteiger partial charge in [0.05, 0.1) is 12.6 Å². The minimum absolute atomic E-state index is 0.0268. The molecular formula is C26H33N5O3. The number of amides is 2. The van der Waals surface area contributed by atoms with E-state index in [-0.39, 0.29) is 18.4 Å². The molecule has 8 nitrogen and oxygen atoms in total. The zero-order valence-corrected chi connectivity index (χ0v) is 19.8. The number of aromatic nitrogens is 1. The number of hydrogen-bond donors (Lipinski definition) is 4. The van der Waals surface area contributed by atoms with Gasteiger partial charge in [-0.2, -0.15) is 0 Å². The highest BCUT2D eigenvalue weighted by Crippen LogP contribution is 2.38. The second kappa shape index (κ2) is 10.7. The predicted octanol–water partition coefficient (Wildman–Crippen LogP) is 2.97. The van der Waals surface area contributed by atoms with E-state index in [1.807, 2.05) is 20.2 Å². The molecule has 1 aromatic heterocycles. The van der Waals surface area contributed by atoms with Crippen LogP contribution in [0, 0.1) is 0 Å². The molecule has 0 radical (unpaired) electrons. The van der Waals surface area contributed by atoms with Crippen molar-refractivity contribution in [3.05, 3.63) is 65.4 Å². The first kappa shape index (κ1) is 23.8. The van der Waals surface area contributed by atoms with Gasteiger partial charge in [-0.05, 0) is 48.6 Å². The van der Waals surface area contributed by atoms with Gasteiger partial charge in [0.15, 0.2) is 0 Å². The summed E-state index contributed by atoms with van der Waals surface area (Å²) >= 11 is 0.